The lowest BCUT2D eigenvalue weighted by atomic mass is 9.79. The van der Waals surface area contributed by atoms with Gasteiger partial charge in [-0.1, -0.05) is 25.3 Å². The molecule has 3 rings (SSSR count). The van der Waals surface area contributed by atoms with E-state index in [1.807, 2.05) is 6.08 Å². The van der Waals surface area contributed by atoms with Crippen LogP contribution in [0.2, 0.25) is 0 Å². The molecular weight excluding hydrogens is 304 g/mol. The summed E-state index contributed by atoms with van der Waals surface area (Å²) < 4.78 is 4.81. The average molecular weight is 334 g/mol. The van der Waals surface area contributed by atoms with E-state index in [9.17, 15) is 9.59 Å². The second-order valence-corrected chi connectivity index (χ2v) is 7.47. The van der Waals surface area contributed by atoms with Gasteiger partial charge < -0.3 is 9.64 Å². The highest BCUT2D eigenvalue weighted by atomic mass is 16.5. The molecule has 0 unspecified atom stereocenters. The normalized spacial score (nSPS) is 24.0. The number of methoxy groups -OCH3 is 1. The van der Waals surface area contributed by atoms with Crippen molar-refractivity contribution in [3.8, 4) is 0 Å². The lowest BCUT2D eigenvalue weighted by Gasteiger charge is -2.42. The fourth-order valence-corrected chi connectivity index (χ4v) is 4.72. The highest BCUT2D eigenvalue weighted by Gasteiger charge is 2.43. The van der Waals surface area contributed by atoms with Gasteiger partial charge in [0.2, 0.25) is 5.91 Å². The number of nitrogens with zero attached hydrogens (tertiary/aromatic N) is 2. The van der Waals surface area contributed by atoms with Crippen LogP contribution in [0.1, 0.15) is 57.8 Å². The molecule has 1 saturated carbocycles. The Balaban J connectivity index is 1.52. The van der Waals surface area contributed by atoms with Gasteiger partial charge in [0.05, 0.1) is 7.11 Å². The van der Waals surface area contributed by atoms with Crippen molar-refractivity contribution >= 4 is 11.9 Å². The van der Waals surface area contributed by atoms with Crippen molar-refractivity contribution in [2.75, 3.05) is 33.3 Å². The first kappa shape index (κ1) is 17.5. The monoisotopic (exact) mass is 334 g/mol. The molecule has 24 heavy (non-hydrogen) atoms. The van der Waals surface area contributed by atoms with E-state index in [0.717, 1.165) is 38.0 Å². The SMILES string of the molecule is COC(=O)C1=CCCN(CCC(=O)N2CCCC23CCCCC3)C1. The number of carbonyl (C=O) groups excluding carboxylic acids is 2. The lowest BCUT2D eigenvalue weighted by molar-refractivity contribution is -0.136. The van der Waals surface area contributed by atoms with Gasteiger partial charge in [-0.2, -0.15) is 0 Å². The van der Waals surface area contributed by atoms with E-state index in [1.54, 1.807) is 0 Å². The third-order valence-electron chi connectivity index (χ3n) is 6.00. The molecule has 0 aromatic rings. The summed E-state index contributed by atoms with van der Waals surface area (Å²) in [5.41, 5.74) is 0.898. The number of esters is 1. The average Bonchev–Trinajstić information content (AvgIpc) is 3.02. The van der Waals surface area contributed by atoms with E-state index in [2.05, 4.69) is 9.80 Å². The molecular formula is C19H30N2O3. The van der Waals surface area contributed by atoms with Crippen molar-refractivity contribution in [1.29, 1.82) is 0 Å². The van der Waals surface area contributed by atoms with E-state index < -0.39 is 0 Å². The van der Waals surface area contributed by atoms with Gasteiger partial charge in [0.15, 0.2) is 0 Å². The topological polar surface area (TPSA) is 49.9 Å². The van der Waals surface area contributed by atoms with Gasteiger partial charge in [0.1, 0.15) is 0 Å². The summed E-state index contributed by atoms with van der Waals surface area (Å²) in [5.74, 6) is 0.0651. The zero-order valence-electron chi connectivity index (χ0n) is 14.9. The third-order valence-corrected chi connectivity index (χ3v) is 6.00. The summed E-state index contributed by atoms with van der Waals surface area (Å²) in [6, 6.07) is 0. The number of likely N-dealkylation sites (tertiary alicyclic amines) is 1. The van der Waals surface area contributed by atoms with E-state index in [0.29, 0.717) is 18.9 Å². The predicted octanol–water partition coefficient (Wildman–Crippen LogP) is 2.51. The summed E-state index contributed by atoms with van der Waals surface area (Å²) in [5, 5.41) is 0. The fourth-order valence-electron chi connectivity index (χ4n) is 4.72. The van der Waals surface area contributed by atoms with Gasteiger partial charge in [-0.25, -0.2) is 4.79 Å². The molecule has 0 aromatic heterocycles. The van der Waals surface area contributed by atoms with Gasteiger partial charge >= 0.3 is 5.97 Å². The second-order valence-electron chi connectivity index (χ2n) is 7.47. The van der Waals surface area contributed by atoms with Gasteiger partial charge in [0, 0.05) is 43.7 Å². The molecule has 2 fully saturated rings. The lowest BCUT2D eigenvalue weighted by Crippen LogP contribution is -2.49. The fraction of sp³-hybridized carbons (Fsp3) is 0.789. The molecule has 2 aliphatic heterocycles. The number of carbonyl (C=O) groups is 2. The molecule has 0 radical (unpaired) electrons. The Bertz CT molecular complexity index is 509. The molecule has 0 atom stereocenters. The number of rotatable bonds is 4. The van der Waals surface area contributed by atoms with Crippen molar-refractivity contribution in [2.24, 2.45) is 0 Å². The molecule has 3 aliphatic rings. The zero-order chi connectivity index (χ0) is 17.0. The largest absolute Gasteiger partial charge is 0.466 e. The van der Waals surface area contributed by atoms with Crippen LogP contribution >= 0.6 is 0 Å². The highest BCUT2D eigenvalue weighted by Crippen LogP contribution is 2.41. The number of hydrogen-bond acceptors (Lipinski definition) is 4. The first-order valence-corrected chi connectivity index (χ1v) is 9.45. The molecule has 2 heterocycles. The van der Waals surface area contributed by atoms with Crippen LogP contribution in [0.5, 0.6) is 0 Å². The predicted molar refractivity (Wildman–Crippen MR) is 92.5 cm³/mol. The molecule has 1 spiro atoms. The maximum Gasteiger partial charge on any atom is 0.334 e. The van der Waals surface area contributed by atoms with Crippen molar-refractivity contribution < 1.29 is 14.3 Å². The van der Waals surface area contributed by atoms with Crippen LogP contribution in [-0.2, 0) is 14.3 Å². The molecule has 1 aliphatic carbocycles. The van der Waals surface area contributed by atoms with Crippen LogP contribution in [0.4, 0.5) is 0 Å². The Labute approximate surface area is 145 Å². The Morgan fingerprint density at radius 2 is 1.88 bits per heavy atom. The molecule has 0 aromatic carbocycles. The molecule has 5 heteroatoms. The highest BCUT2D eigenvalue weighted by molar-refractivity contribution is 5.89. The van der Waals surface area contributed by atoms with E-state index >= 15 is 0 Å². The van der Waals surface area contributed by atoms with Gasteiger partial charge in [-0.3, -0.25) is 9.69 Å². The second kappa shape index (κ2) is 7.68. The maximum atomic E-state index is 12.8. The number of ether oxygens (including phenoxy) is 1. The van der Waals surface area contributed by atoms with Crippen LogP contribution in [0, 0.1) is 0 Å². The molecule has 1 saturated heterocycles. The molecule has 0 N–H and O–H groups in total. The van der Waals surface area contributed by atoms with Crippen molar-refractivity contribution in [3.63, 3.8) is 0 Å². The Morgan fingerprint density at radius 3 is 2.62 bits per heavy atom. The Morgan fingerprint density at radius 1 is 1.12 bits per heavy atom. The summed E-state index contributed by atoms with van der Waals surface area (Å²) in [7, 11) is 1.42. The van der Waals surface area contributed by atoms with Crippen LogP contribution in [0.15, 0.2) is 11.6 Å². The van der Waals surface area contributed by atoms with Gasteiger partial charge in [-0.15, -0.1) is 0 Å². The van der Waals surface area contributed by atoms with Crippen LogP contribution in [-0.4, -0.2) is 60.5 Å². The zero-order valence-corrected chi connectivity index (χ0v) is 14.9. The van der Waals surface area contributed by atoms with Gasteiger partial charge in [0.25, 0.3) is 0 Å². The minimum atomic E-state index is -0.244. The minimum Gasteiger partial charge on any atom is -0.466 e. The van der Waals surface area contributed by atoms with Crippen molar-refractivity contribution in [2.45, 2.75) is 63.3 Å². The van der Waals surface area contributed by atoms with E-state index in [1.165, 1.54) is 45.6 Å². The van der Waals surface area contributed by atoms with Crippen LogP contribution in [0.3, 0.4) is 0 Å². The van der Waals surface area contributed by atoms with Gasteiger partial charge in [-0.05, 0) is 32.1 Å². The van der Waals surface area contributed by atoms with Crippen LogP contribution in [0.25, 0.3) is 0 Å². The number of hydrogen-bond donors (Lipinski definition) is 0. The van der Waals surface area contributed by atoms with E-state index in [4.69, 9.17) is 4.74 Å². The summed E-state index contributed by atoms with van der Waals surface area (Å²) in [6.45, 7) is 3.19. The molecule has 5 nitrogen and oxygen atoms in total. The first-order valence-electron chi connectivity index (χ1n) is 9.45. The maximum absolute atomic E-state index is 12.8. The summed E-state index contributed by atoms with van der Waals surface area (Å²) >= 11 is 0. The molecule has 1 amide bonds. The number of amides is 1. The van der Waals surface area contributed by atoms with E-state index in [-0.39, 0.29) is 11.5 Å². The quantitative estimate of drug-likeness (QED) is 0.741. The summed E-state index contributed by atoms with van der Waals surface area (Å²) in [6.07, 6.45) is 12.0. The van der Waals surface area contributed by atoms with Crippen LogP contribution < -0.4 is 0 Å². The summed E-state index contributed by atoms with van der Waals surface area (Å²) in [4.78, 5) is 28.9. The molecule has 134 valence electrons. The third kappa shape index (κ3) is 3.66. The smallest absolute Gasteiger partial charge is 0.334 e. The minimum absolute atomic E-state index is 0.175. The standard InChI is InChI=1S/C19H30N2O3/c1-24-18(23)16-7-5-12-20(15-16)14-8-17(22)21-13-6-11-19(21)9-3-2-4-10-19/h7H,2-6,8-15H2,1H3. The van der Waals surface area contributed by atoms with Crippen molar-refractivity contribution in [3.05, 3.63) is 11.6 Å². The molecule has 0 bridgehead atoms. The Kier molecular flexibility index (Phi) is 5.59. The Hall–Kier alpha value is -1.36. The first-order chi connectivity index (χ1) is 11.6. The van der Waals surface area contributed by atoms with Crippen molar-refractivity contribution in [1.82, 2.24) is 9.80 Å².